The van der Waals surface area contributed by atoms with Gasteiger partial charge in [0.2, 0.25) is 5.91 Å². The average molecular weight is 197 g/mol. The lowest BCUT2D eigenvalue weighted by Gasteiger charge is -2.24. The molecule has 0 spiro atoms. The molecule has 1 unspecified atom stereocenters. The van der Waals surface area contributed by atoms with E-state index in [1.54, 1.807) is 0 Å². The zero-order valence-corrected chi connectivity index (χ0v) is 9.39. The smallest absolute Gasteiger partial charge is 0.218 e. The minimum Gasteiger partial charge on any atom is -0.370 e. The summed E-state index contributed by atoms with van der Waals surface area (Å²) in [6, 6.07) is 0. The third-order valence-electron chi connectivity index (χ3n) is 3.23. The van der Waals surface area contributed by atoms with Gasteiger partial charge in [0.25, 0.3) is 0 Å². The molecular weight excluding hydrogens is 178 g/mol. The van der Waals surface area contributed by atoms with E-state index >= 15 is 0 Å². The molecule has 0 radical (unpaired) electrons. The van der Waals surface area contributed by atoms with Crippen LogP contribution in [0.3, 0.4) is 0 Å². The van der Waals surface area contributed by atoms with Crippen molar-refractivity contribution in [1.82, 2.24) is 0 Å². The summed E-state index contributed by atoms with van der Waals surface area (Å²) in [4.78, 5) is 22.8. The molecule has 0 aromatic carbocycles. The molecule has 1 atom stereocenters. The molecule has 0 heterocycles. The Hall–Kier alpha value is -0.860. The normalized spacial score (nSPS) is 29.1. The van der Waals surface area contributed by atoms with E-state index < -0.39 is 0 Å². The summed E-state index contributed by atoms with van der Waals surface area (Å²) in [7, 11) is 0. The molecule has 14 heavy (non-hydrogen) atoms. The Labute approximate surface area is 85.0 Å². The van der Waals surface area contributed by atoms with Gasteiger partial charge >= 0.3 is 0 Å². The van der Waals surface area contributed by atoms with Gasteiger partial charge in [0.1, 0.15) is 5.78 Å². The van der Waals surface area contributed by atoms with E-state index in [1.165, 1.54) is 0 Å². The first kappa shape index (κ1) is 11.2. The average Bonchev–Trinajstić information content (AvgIpc) is 2.08. The van der Waals surface area contributed by atoms with E-state index in [4.69, 9.17) is 5.73 Å². The van der Waals surface area contributed by atoms with Crippen molar-refractivity contribution in [3.63, 3.8) is 0 Å². The standard InChI is InChI=1S/C11H19NO2/c1-10(2)6-11(3,4)9(14)7(10)5-8(12)13/h7H,5-6H2,1-4H3,(H2,12,13). The van der Waals surface area contributed by atoms with E-state index in [1.807, 2.05) is 27.7 Å². The van der Waals surface area contributed by atoms with Gasteiger partial charge in [0, 0.05) is 17.8 Å². The number of hydrogen-bond acceptors (Lipinski definition) is 2. The van der Waals surface area contributed by atoms with Crippen LogP contribution in [-0.2, 0) is 9.59 Å². The van der Waals surface area contributed by atoms with Crippen molar-refractivity contribution < 1.29 is 9.59 Å². The van der Waals surface area contributed by atoms with Gasteiger partial charge < -0.3 is 5.73 Å². The lowest BCUT2D eigenvalue weighted by atomic mass is 9.79. The molecule has 1 amide bonds. The maximum Gasteiger partial charge on any atom is 0.218 e. The van der Waals surface area contributed by atoms with Crippen LogP contribution >= 0.6 is 0 Å². The van der Waals surface area contributed by atoms with Crippen molar-refractivity contribution in [2.24, 2.45) is 22.5 Å². The van der Waals surface area contributed by atoms with Crippen LogP contribution in [0.5, 0.6) is 0 Å². The van der Waals surface area contributed by atoms with Crippen molar-refractivity contribution in [2.45, 2.75) is 40.5 Å². The molecule has 1 rings (SSSR count). The molecule has 3 heteroatoms. The lowest BCUT2D eigenvalue weighted by molar-refractivity contribution is -0.131. The summed E-state index contributed by atoms with van der Waals surface area (Å²) >= 11 is 0. The van der Waals surface area contributed by atoms with Gasteiger partial charge in [-0.25, -0.2) is 0 Å². The van der Waals surface area contributed by atoms with Gasteiger partial charge in [-0.2, -0.15) is 0 Å². The summed E-state index contributed by atoms with van der Waals surface area (Å²) in [5.41, 5.74) is 4.75. The van der Waals surface area contributed by atoms with E-state index in [9.17, 15) is 9.59 Å². The summed E-state index contributed by atoms with van der Waals surface area (Å²) in [6.45, 7) is 7.96. The fourth-order valence-corrected chi connectivity index (χ4v) is 2.75. The molecule has 0 saturated heterocycles. The first-order chi connectivity index (χ1) is 6.17. The van der Waals surface area contributed by atoms with Gasteiger partial charge in [-0.3, -0.25) is 9.59 Å². The van der Waals surface area contributed by atoms with E-state index in [0.717, 1.165) is 6.42 Å². The monoisotopic (exact) mass is 197 g/mol. The van der Waals surface area contributed by atoms with Crippen LogP contribution in [-0.4, -0.2) is 11.7 Å². The largest absolute Gasteiger partial charge is 0.370 e. The maximum atomic E-state index is 12.0. The number of primary amides is 1. The molecular formula is C11H19NO2. The van der Waals surface area contributed by atoms with Crippen LogP contribution in [0.4, 0.5) is 0 Å². The molecule has 2 N–H and O–H groups in total. The highest BCUT2D eigenvalue weighted by Gasteiger charge is 2.51. The molecule has 1 aliphatic rings. The minimum atomic E-state index is -0.380. The van der Waals surface area contributed by atoms with Crippen molar-refractivity contribution >= 4 is 11.7 Å². The first-order valence-electron chi connectivity index (χ1n) is 4.99. The number of carbonyl (C=O) groups excluding carboxylic acids is 2. The third-order valence-corrected chi connectivity index (χ3v) is 3.23. The predicted octanol–water partition coefficient (Wildman–Crippen LogP) is 1.50. The minimum absolute atomic E-state index is 0.102. The number of ketones is 1. The van der Waals surface area contributed by atoms with Gasteiger partial charge in [-0.1, -0.05) is 27.7 Å². The molecule has 1 saturated carbocycles. The molecule has 0 aromatic heterocycles. The number of Topliss-reactive ketones (excluding diaryl/α,β-unsaturated/α-hetero) is 1. The van der Waals surface area contributed by atoms with E-state index in [2.05, 4.69) is 0 Å². The maximum absolute atomic E-state index is 12.0. The lowest BCUT2D eigenvalue weighted by Crippen LogP contribution is -2.29. The molecule has 1 fully saturated rings. The van der Waals surface area contributed by atoms with Crippen LogP contribution in [0, 0.1) is 16.7 Å². The SMILES string of the molecule is CC1(C)CC(C)(C)C(CC(N)=O)C1=O. The van der Waals surface area contributed by atoms with Crippen LogP contribution < -0.4 is 5.73 Å². The van der Waals surface area contributed by atoms with Crippen LogP contribution in [0.2, 0.25) is 0 Å². The zero-order valence-electron chi connectivity index (χ0n) is 9.39. The summed E-state index contributed by atoms with van der Waals surface area (Å²) in [5, 5.41) is 0. The summed E-state index contributed by atoms with van der Waals surface area (Å²) in [6.07, 6.45) is 1.02. The van der Waals surface area contributed by atoms with Crippen molar-refractivity contribution in [1.29, 1.82) is 0 Å². The van der Waals surface area contributed by atoms with Crippen LogP contribution in [0.25, 0.3) is 0 Å². The molecule has 80 valence electrons. The highest BCUT2D eigenvalue weighted by molar-refractivity contribution is 5.92. The Bertz CT molecular complexity index is 279. The topological polar surface area (TPSA) is 60.2 Å². The number of amides is 1. The van der Waals surface area contributed by atoms with Crippen LogP contribution in [0.15, 0.2) is 0 Å². The van der Waals surface area contributed by atoms with Crippen LogP contribution in [0.1, 0.15) is 40.5 Å². The van der Waals surface area contributed by atoms with Crippen molar-refractivity contribution in [3.8, 4) is 0 Å². The fraction of sp³-hybridized carbons (Fsp3) is 0.818. The molecule has 1 aliphatic carbocycles. The van der Waals surface area contributed by atoms with Crippen molar-refractivity contribution in [3.05, 3.63) is 0 Å². The predicted molar refractivity (Wildman–Crippen MR) is 54.5 cm³/mol. The number of carbonyl (C=O) groups is 2. The fourth-order valence-electron chi connectivity index (χ4n) is 2.75. The second-order valence-electron chi connectivity index (χ2n) is 5.64. The van der Waals surface area contributed by atoms with Gasteiger partial charge in [0.05, 0.1) is 0 Å². The molecule has 0 aromatic rings. The Morgan fingerprint density at radius 3 is 2.21 bits per heavy atom. The first-order valence-corrected chi connectivity index (χ1v) is 4.99. The van der Waals surface area contributed by atoms with E-state index in [0.29, 0.717) is 0 Å². The third kappa shape index (κ3) is 1.81. The Balaban J connectivity index is 2.94. The zero-order chi connectivity index (χ0) is 11.1. The molecule has 3 nitrogen and oxygen atoms in total. The second kappa shape index (κ2) is 3.07. The second-order valence-corrected chi connectivity index (χ2v) is 5.64. The number of nitrogens with two attached hydrogens (primary N) is 1. The molecule has 0 bridgehead atoms. The number of hydrogen-bond donors (Lipinski definition) is 1. The van der Waals surface area contributed by atoms with Gasteiger partial charge in [-0.15, -0.1) is 0 Å². The van der Waals surface area contributed by atoms with Gasteiger partial charge in [-0.05, 0) is 11.8 Å². The summed E-state index contributed by atoms with van der Waals surface area (Å²) in [5.74, 6) is -0.398. The Kier molecular flexibility index (Phi) is 2.46. The van der Waals surface area contributed by atoms with Crippen molar-refractivity contribution in [2.75, 3.05) is 0 Å². The summed E-state index contributed by atoms with van der Waals surface area (Å²) < 4.78 is 0. The quantitative estimate of drug-likeness (QED) is 0.729. The Morgan fingerprint density at radius 2 is 1.93 bits per heavy atom. The van der Waals surface area contributed by atoms with E-state index in [-0.39, 0.29) is 34.9 Å². The highest BCUT2D eigenvalue weighted by Crippen LogP contribution is 2.51. The molecule has 0 aliphatic heterocycles. The number of rotatable bonds is 2. The Morgan fingerprint density at radius 1 is 1.43 bits per heavy atom. The highest BCUT2D eigenvalue weighted by atomic mass is 16.1. The van der Waals surface area contributed by atoms with Gasteiger partial charge in [0.15, 0.2) is 0 Å².